The van der Waals surface area contributed by atoms with E-state index in [1.807, 2.05) is 12.1 Å². The van der Waals surface area contributed by atoms with Crippen LogP contribution < -0.4 is 4.74 Å². The molecule has 1 N–H and O–H groups in total. The van der Waals surface area contributed by atoms with Crippen molar-refractivity contribution in [1.29, 1.82) is 0 Å². The summed E-state index contributed by atoms with van der Waals surface area (Å²) in [7, 11) is 1.56. The number of phenolic OH excluding ortho intramolecular Hbond substituents is 1. The predicted octanol–water partition coefficient (Wildman–Crippen LogP) is 4.91. The number of hydrogen-bond donors (Lipinski definition) is 1. The van der Waals surface area contributed by atoms with E-state index in [1.165, 1.54) is 12.8 Å². The van der Waals surface area contributed by atoms with Crippen molar-refractivity contribution in [3.63, 3.8) is 0 Å². The zero-order valence-electron chi connectivity index (χ0n) is 14.1. The van der Waals surface area contributed by atoms with Crippen LogP contribution in [0.1, 0.15) is 58.9 Å². The van der Waals surface area contributed by atoms with Gasteiger partial charge in [-0.1, -0.05) is 39.7 Å². The number of phenols is 1. The van der Waals surface area contributed by atoms with Crippen LogP contribution in [0.5, 0.6) is 11.5 Å². The summed E-state index contributed by atoms with van der Waals surface area (Å²) in [6.07, 6.45) is 4.52. The van der Waals surface area contributed by atoms with E-state index in [2.05, 4.69) is 27.7 Å². The summed E-state index contributed by atoms with van der Waals surface area (Å²) < 4.78 is 11.3. The number of aromatic hydroxyl groups is 1. The van der Waals surface area contributed by atoms with Gasteiger partial charge in [0, 0.05) is 0 Å². The molecule has 0 fully saturated rings. The molecule has 0 saturated heterocycles. The Labute approximate surface area is 129 Å². The molecule has 1 unspecified atom stereocenters. The molecular formula is C18H30O3. The molecule has 3 nitrogen and oxygen atoms in total. The van der Waals surface area contributed by atoms with Crippen LogP contribution in [0.2, 0.25) is 0 Å². The maximum absolute atomic E-state index is 9.61. The lowest BCUT2D eigenvalue weighted by atomic mass is 9.93. The van der Waals surface area contributed by atoms with Crippen LogP contribution in [0.25, 0.3) is 0 Å². The minimum Gasteiger partial charge on any atom is -0.504 e. The van der Waals surface area contributed by atoms with Crippen LogP contribution in [-0.4, -0.2) is 17.8 Å². The molecule has 3 heteroatoms. The lowest BCUT2D eigenvalue weighted by Gasteiger charge is -2.29. The van der Waals surface area contributed by atoms with Crippen molar-refractivity contribution in [2.45, 2.75) is 65.6 Å². The Morgan fingerprint density at radius 1 is 1.29 bits per heavy atom. The van der Waals surface area contributed by atoms with E-state index < -0.39 is 0 Å². The molecule has 21 heavy (non-hydrogen) atoms. The van der Waals surface area contributed by atoms with Gasteiger partial charge >= 0.3 is 0 Å². The predicted molar refractivity (Wildman–Crippen MR) is 86.8 cm³/mol. The molecule has 0 aliphatic heterocycles. The Bertz CT molecular complexity index is 428. The van der Waals surface area contributed by atoms with Gasteiger partial charge in [0.2, 0.25) is 0 Å². The molecule has 0 heterocycles. The van der Waals surface area contributed by atoms with E-state index in [9.17, 15) is 5.11 Å². The number of ether oxygens (including phenoxy) is 2. The van der Waals surface area contributed by atoms with Gasteiger partial charge in [0.25, 0.3) is 0 Å². The van der Waals surface area contributed by atoms with E-state index in [0.29, 0.717) is 12.4 Å². The Morgan fingerprint density at radius 2 is 2.00 bits per heavy atom. The van der Waals surface area contributed by atoms with Crippen LogP contribution in [0.15, 0.2) is 18.2 Å². The molecule has 0 amide bonds. The summed E-state index contributed by atoms with van der Waals surface area (Å²) in [4.78, 5) is 0. The fourth-order valence-corrected chi connectivity index (χ4v) is 2.30. The van der Waals surface area contributed by atoms with Crippen LogP contribution >= 0.6 is 0 Å². The minimum atomic E-state index is -0.0833. The van der Waals surface area contributed by atoms with Crippen molar-refractivity contribution in [2.75, 3.05) is 7.11 Å². The second-order valence-electron chi connectivity index (χ2n) is 6.38. The summed E-state index contributed by atoms with van der Waals surface area (Å²) in [6.45, 7) is 9.42. The molecule has 0 radical (unpaired) electrons. The van der Waals surface area contributed by atoms with Gasteiger partial charge < -0.3 is 14.6 Å². The summed E-state index contributed by atoms with van der Waals surface area (Å²) in [5, 5.41) is 9.61. The molecule has 0 spiro atoms. The molecule has 0 aromatic heterocycles. The van der Waals surface area contributed by atoms with E-state index in [0.717, 1.165) is 24.3 Å². The molecule has 1 aromatic rings. The van der Waals surface area contributed by atoms with Gasteiger partial charge in [-0.2, -0.15) is 0 Å². The first-order chi connectivity index (χ1) is 9.90. The highest BCUT2D eigenvalue weighted by Crippen LogP contribution is 2.29. The van der Waals surface area contributed by atoms with Crippen LogP contribution in [0.3, 0.4) is 0 Å². The van der Waals surface area contributed by atoms with E-state index in [-0.39, 0.29) is 11.4 Å². The number of hydrogen-bond acceptors (Lipinski definition) is 3. The zero-order valence-corrected chi connectivity index (χ0v) is 14.1. The summed E-state index contributed by atoms with van der Waals surface area (Å²) in [5.41, 5.74) is 0.938. The largest absolute Gasteiger partial charge is 0.504 e. The van der Waals surface area contributed by atoms with Gasteiger partial charge in [0.15, 0.2) is 11.5 Å². The molecule has 1 rings (SSSR count). The van der Waals surface area contributed by atoms with E-state index in [1.54, 1.807) is 13.2 Å². The van der Waals surface area contributed by atoms with E-state index in [4.69, 9.17) is 9.47 Å². The Kier molecular flexibility index (Phi) is 7.03. The number of rotatable bonds is 9. The first kappa shape index (κ1) is 17.8. The SMILES string of the molecule is CCC(C)(CCCC(C)C)OCc1ccc(O)c(OC)c1. The van der Waals surface area contributed by atoms with E-state index >= 15 is 0 Å². The topological polar surface area (TPSA) is 38.7 Å². The smallest absolute Gasteiger partial charge is 0.160 e. The fraction of sp³-hybridized carbons (Fsp3) is 0.667. The quantitative estimate of drug-likeness (QED) is 0.703. The average Bonchev–Trinajstić information content (AvgIpc) is 2.46. The van der Waals surface area contributed by atoms with Crippen LogP contribution in [0, 0.1) is 5.92 Å². The minimum absolute atomic E-state index is 0.0833. The lowest BCUT2D eigenvalue weighted by Crippen LogP contribution is -2.27. The first-order valence-electron chi connectivity index (χ1n) is 7.90. The summed E-state index contributed by atoms with van der Waals surface area (Å²) >= 11 is 0. The normalized spacial score (nSPS) is 14.2. The maximum Gasteiger partial charge on any atom is 0.160 e. The zero-order chi connectivity index (χ0) is 15.9. The van der Waals surface area contributed by atoms with Crippen molar-refractivity contribution >= 4 is 0 Å². The third-order valence-electron chi connectivity index (χ3n) is 4.07. The molecule has 1 aromatic carbocycles. The van der Waals surface area contributed by atoms with Crippen molar-refractivity contribution < 1.29 is 14.6 Å². The molecule has 0 aliphatic rings. The molecule has 120 valence electrons. The van der Waals surface area contributed by atoms with Crippen LogP contribution in [0.4, 0.5) is 0 Å². The lowest BCUT2D eigenvalue weighted by molar-refractivity contribution is -0.0533. The second-order valence-corrected chi connectivity index (χ2v) is 6.38. The standard InChI is InChI=1S/C18H30O3/c1-6-18(4,11-7-8-14(2)3)21-13-15-9-10-16(19)17(12-15)20-5/h9-10,12,14,19H,6-8,11,13H2,1-5H3. The first-order valence-corrected chi connectivity index (χ1v) is 7.90. The second kappa shape index (κ2) is 8.28. The molecule has 1 atom stereocenters. The average molecular weight is 294 g/mol. The van der Waals surface area contributed by atoms with Gasteiger partial charge in [0.1, 0.15) is 0 Å². The van der Waals surface area contributed by atoms with Gasteiger partial charge in [-0.15, -0.1) is 0 Å². The third-order valence-corrected chi connectivity index (χ3v) is 4.07. The molecule has 0 aliphatic carbocycles. The van der Waals surface area contributed by atoms with Crippen molar-refractivity contribution in [1.82, 2.24) is 0 Å². The van der Waals surface area contributed by atoms with Crippen molar-refractivity contribution in [3.8, 4) is 11.5 Å². The van der Waals surface area contributed by atoms with Gasteiger partial charge in [-0.3, -0.25) is 0 Å². The van der Waals surface area contributed by atoms with Gasteiger partial charge in [0.05, 0.1) is 19.3 Å². The number of methoxy groups -OCH3 is 1. The highest BCUT2D eigenvalue weighted by molar-refractivity contribution is 5.41. The van der Waals surface area contributed by atoms with Crippen LogP contribution in [-0.2, 0) is 11.3 Å². The Morgan fingerprint density at radius 3 is 2.57 bits per heavy atom. The van der Waals surface area contributed by atoms with Crippen molar-refractivity contribution in [2.24, 2.45) is 5.92 Å². The Hall–Kier alpha value is -1.22. The third kappa shape index (κ3) is 5.96. The summed E-state index contributed by atoms with van der Waals surface area (Å²) in [6, 6.07) is 5.36. The maximum atomic E-state index is 9.61. The molecular weight excluding hydrogens is 264 g/mol. The van der Waals surface area contributed by atoms with Gasteiger partial charge in [-0.05, 0) is 43.4 Å². The number of benzene rings is 1. The molecule has 0 bridgehead atoms. The van der Waals surface area contributed by atoms with Crippen molar-refractivity contribution in [3.05, 3.63) is 23.8 Å². The highest BCUT2D eigenvalue weighted by Gasteiger charge is 2.22. The summed E-state index contributed by atoms with van der Waals surface area (Å²) in [5.74, 6) is 1.40. The Balaban J connectivity index is 2.57. The van der Waals surface area contributed by atoms with Gasteiger partial charge in [-0.25, -0.2) is 0 Å². The highest BCUT2D eigenvalue weighted by atomic mass is 16.5. The fourth-order valence-electron chi connectivity index (χ4n) is 2.30. The monoisotopic (exact) mass is 294 g/mol. The molecule has 0 saturated carbocycles.